The standard InChI is InChI=1S/C31H48O5/c1-26-14-15-27(2,25(35)36-7)18-20(26)19-8-9-21-28(3)12-11-23(32)31(6,24(33)34)22(28)10-13-30(21,5)29(19,4)17-16-26/h8,20-23,32H,9-18H2,1-7H3,(H,33,34)/t20-,21+,22+,23+,26+,27+,28+,29+,30+,31-/m0/s1. The first-order valence-corrected chi connectivity index (χ1v) is 14.3. The number of carbonyl (C=O) groups is 2. The summed E-state index contributed by atoms with van der Waals surface area (Å²) in [5.41, 5.74) is 0.280. The zero-order valence-electron chi connectivity index (χ0n) is 23.6. The Hall–Kier alpha value is -1.36. The molecule has 5 heteroatoms. The zero-order chi connectivity index (χ0) is 26.5. The highest BCUT2D eigenvalue weighted by Gasteiger charge is 2.69. The van der Waals surface area contributed by atoms with E-state index in [1.165, 1.54) is 13.5 Å². The zero-order valence-corrected chi connectivity index (χ0v) is 23.6. The molecule has 0 spiro atoms. The van der Waals surface area contributed by atoms with Gasteiger partial charge >= 0.3 is 11.9 Å². The van der Waals surface area contributed by atoms with Gasteiger partial charge in [-0.05, 0) is 117 Å². The molecule has 5 aliphatic carbocycles. The quantitative estimate of drug-likeness (QED) is 0.339. The SMILES string of the molecule is COC(=O)[C@]1(C)CC[C@]2(C)CC[C@]3(C)C(=CC[C@@H]4[C@@]5(C)CC[C@@H](O)[C@@](C)(C(=O)O)[C@@H]5CC[C@]43C)[C@@H]2C1. The lowest BCUT2D eigenvalue weighted by Gasteiger charge is -2.71. The van der Waals surface area contributed by atoms with Crippen molar-refractivity contribution in [2.24, 2.45) is 50.2 Å². The van der Waals surface area contributed by atoms with Crippen LogP contribution >= 0.6 is 0 Å². The Morgan fingerprint density at radius 2 is 1.58 bits per heavy atom. The molecule has 0 aromatic rings. The lowest BCUT2D eigenvalue weighted by Crippen LogP contribution is -2.66. The van der Waals surface area contributed by atoms with E-state index in [2.05, 4.69) is 40.7 Å². The summed E-state index contributed by atoms with van der Waals surface area (Å²) in [6.45, 7) is 13.7. The number of carbonyl (C=O) groups excluding carboxylic acids is 1. The van der Waals surface area contributed by atoms with E-state index in [4.69, 9.17) is 4.74 Å². The molecule has 0 heterocycles. The van der Waals surface area contributed by atoms with Crippen LogP contribution in [-0.4, -0.2) is 35.4 Å². The minimum absolute atomic E-state index is 0.0194. The molecule has 10 atom stereocenters. The molecular formula is C31H48O5. The van der Waals surface area contributed by atoms with Crippen LogP contribution in [0.3, 0.4) is 0 Å². The molecule has 202 valence electrons. The van der Waals surface area contributed by atoms with Crippen LogP contribution in [0.4, 0.5) is 0 Å². The van der Waals surface area contributed by atoms with E-state index >= 15 is 0 Å². The van der Waals surface area contributed by atoms with E-state index in [0.717, 1.165) is 51.4 Å². The first kappa shape index (κ1) is 26.3. The highest BCUT2D eigenvalue weighted by Crippen LogP contribution is 2.75. The predicted octanol–water partition coefficient (Wildman–Crippen LogP) is 6.39. The van der Waals surface area contributed by atoms with Crippen molar-refractivity contribution in [2.45, 2.75) is 112 Å². The van der Waals surface area contributed by atoms with Crippen LogP contribution in [0, 0.1) is 50.2 Å². The van der Waals surface area contributed by atoms with Gasteiger partial charge in [0.25, 0.3) is 0 Å². The number of ether oxygens (including phenoxy) is 1. The number of rotatable bonds is 2. The number of carboxylic acid groups (broad SMARTS) is 1. The molecule has 0 radical (unpaired) electrons. The number of fused-ring (bicyclic) bond motifs is 7. The van der Waals surface area contributed by atoms with E-state index < -0.39 is 22.9 Å². The lowest BCUT2D eigenvalue weighted by molar-refractivity contribution is -0.216. The molecule has 0 unspecified atom stereocenters. The van der Waals surface area contributed by atoms with Gasteiger partial charge in [-0.25, -0.2) is 0 Å². The van der Waals surface area contributed by atoms with Crippen molar-refractivity contribution < 1.29 is 24.5 Å². The van der Waals surface area contributed by atoms with Crippen molar-refractivity contribution in [3.8, 4) is 0 Å². The summed E-state index contributed by atoms with van der Waals surface area (Å²) in [7, 11) is 1.52. The molecule has 5 aliphatic rings. The van der Waals surface area contributed by atoms with Gasteiger partial charge in [0.05, 0.1) is 24.0 Å². The Morgan fingerprint density at radius 1 is 0.917 bits per heavy atom. The van der Waals surface area contributed by atoms with Gasteiger partial charge in [-0.15, -0.1) is 0 Å². The molecular weight excluding hydrogens is 452 g/mol. The van der Waals surface area contributed by atoms with Crippen LogP contribution in [0.2, 0.25) is 0 Å². The molecule has 4 saturated carbocycles. The Bertz CT molecular complexity index is 1000. The van der Waals surface area contributed by atoms with E-state index in [0.29, 0.717) is 18.3 Å². The first-order chi connectivity index (χ1) is 16.6. The third-order valence-corrected chi connectivity index (χ3v) is 13.6. The summed E-state index contributed by atoms with van der Waals surface area (Å²) < 4.78 is 5.27. The molecule has 0 aromatic heterocycles. The Balaban J connectivity index is 1.57. The molecule has 5 rings (SSSR count). The molecule has 0 aliphatic heterocycles. The van der Waals surface area contributed by atoms with Crippen molar-refractivity contribution in [1.29, 1.82) is 0 Å². The van der Waals surface area contributed by atoms with E-state index in [1.54, 1.807) is 12.5 Å². The van der Waals surface area contributed by atoms with E-state index in [1.807, 2.05) is 0 Å². The van der Waals surface area contributed by atoms with Crippen molar-refractivity contribution in [1.82, 2.24) is 0 Å². The number of esters is 1. The Morgan fingerprint density at radius 3 is 2.22 bits per heavy atom. The fourth-order valence-electron chi connectivity index (χ4n) is 10.8. The minimum Gasteiger partial charge on any atom is -0.481 e. The summed E-state index contributed by atoms with van der Waals surface area (Å²) in [4.78, 5) is 25.4. The van der Waals surface area contributed by atoms with Gasteiger partial charge in [-0.3, -0.25) is 9.59 Å². The van der Waals surface area contributed by atoms with Crippen molar-refractivity contribution in [3.05, 3.63) is 11.6 Å². The monoisotopic (exact) mass is 500 g/mol. The Kier molecular flexibility index (Phi) is 5.71. The van der Waals surface area contributed by atoms with Gasteiger partial charge in [-0.1, -0.05) is 39.3 Å². The summed E-state index contributed by atoms with van der Waals surface area (Å²) in [5, 5.41) is 21.2. The molecule has 0 saturated heterocycles. The summed E-state index contributed by atoms with van der Waals surface area (Å²) in [6.07, 6.45) is 11.2. The van der Waals surface area contributed by atoms with Gasteiger partial charge in [0.1, 0.15) is 0 Å². The lowest BCUT2D eigenvalue weighted by atomic mass is 9.33. The van der Waals surface area contributed by atoms with Crippen molar-refractivity contribution in [3.63, 3.8) is 0 Å². The molecule has 5 nitrogen and oxygen atoms in total. The molecule has 36 heavy (non-hydrogen) atoms. The van der Waals surface area contributed by atoms with Crippen LogP contribution in [0.1, 0.15) is 106 Å². The molecule has 0 bridgehead atoms. The molecule has 0 aromatic carbocycles. The second-order valence-corrected chi connectivity index (χ2v) is 14.9. The number of aliphatic hydroxyl groups is 1. The van der Waals surface area contributed by atoms with E-state index in [9.17, 15) is 19.8 Å². The highest BCUT2D eigenvalue weighted by molar-refractivity contribution is 5.77. The van der Waals surface area contributed by atoms with E-state index in [-0.39, 0.29) is 33.5 Å². The van der Waals surface area contributed by atoms with Crippen LogP contribution in [-0.2, 0) is 14.3 Å². The average Bonchev–Trinajstić information content (AvgIpc) is 2.82. The smallest absolute Gasteiger partial charge is 0.312 e. The topological polar surface area (TPSA) is 83.8 Å². The number of hydrogen-bond donors (Lipinski definition) is 2. The summed E-state index contributed by atoms with van der Waals surface area (Å²) in [6, 6.07) is 0. The minimum atomic E-state index is -1.09. The van der Waals surface area contributed by atoms with Crippen LogP contribution in [0.15, 0.2) is 11.6 Å². The summed E-state index contributed by atoms with van der Waals surface area (Å²) >= 11 is 0. The number of methoxy groups -OCH3 is 1. The third kappa shape index (κ3) is 3.04. The maximum absolute atomic E-state index is 12.8. The number of hydrogen-bond acceptors (Lipinski definition) is 4. The maximum atomic E-state index is 12.8. The van der Waals surface area contributed by atoms with Gasteiger partial charge < -0.3 is 14.9 Å². The van der Waals surface area contributed by atoms with Gasteiger partial charge in [-0.2, -0.15) is 0 Å². The largest absolute Gasteiger partial charge is 0.481 e. The number of carboxylic acids is 1. The van der Waals surface area contributed by atoms with Gasteiger partial charge in [0, 0.05) is 0 Å². The predicted molar refractivity (Wildman–Crippen MR) is 139 cm³/mol. The van der Waals surface area contributed by atoms with Crippen molar-refractivity contribution in [2.75, 3.05) is 7.11 Å². The normalized spacial score (nSPS) is 54.2. The number of aliphatic carboxylic acids is 1. The fourth-order valence-corrected chi connectivity index (χ4v) is 10.8. The number of aliphatic hydroxyl groups excluding tert-OH is 1. The summed E-state index contributed by atoms with van der Waals surface area (Å²) in [5.74, 6) is -0.155. The molecule has 0 amide bonds. The van der Waals surface area contributed by atoms with Crippen LogP contribution < -0.4 is 0 Å². The number of allylic oxidation sites excluding steroid dienone is 2. The molecule has 4 fully saturated rings. The Labute approximate surface area is 217 Å². The second-order valence-electron chi connectivity index (χ2n) is 14.9. The van der Waals surface area contributed by atoms with Gasteiger partial charge in [0.2, 0.25) is 0 Å². The molecule has 2 N–H and O–H groups in total. The average molecular weight is 501 g/mol. The fraction of sp³-hybridized carbons (Fsp3) is 0.871. The van der Waals surface area contributed by atoms with Crippen molar-refractivity contribution >= 4 is 11.9 Å². The van der Waals surface area contributed by atoms with Gasteiger partial charge in [0.15, 0.2) is 0 Å². The van der Waals surface area contributed by atoms with Crippen LogP contribution in [0.5, 0.6) is 0 Å². The van der Waals surface area contributed by atoms with Crippen LogP contribution in [0.25, 0.3) is 0 Å². The third-order valence-electron chi connectivity index (χ3n) is 13.6. The highest BCUT2D eigenvalue weighted by atomic mass is 16.5. The first-order valence-electron chi connectivity index (χ1n) is 14.3. The second kappa shape index (κ2) is 7.83. The maximum Gasteiger partial charge on any atom is 0.312 e.